The highest BCUT2D eigenvalue weighted by Crippen LogP contribution is 2.11. The maximum Gasteiger partial charge on any atom is 0.340 e. The van der Waals surface area contributed by atoms with E-state index in [1.807, 2.05) is 13.8 Å². The Bertz CT molecular complexity index is 1530. The molecule has 0 aliphatic rings. The van der Waals surface area contributed by atoms with E-state index in [-0.39, 0.29) is 42.3 Å². The second-order valence-electron chi connectivity index (χ2n) is 8.65. The van der Waals surface area contributed by atoms with Crippen molar-refractivity contribution in [3.05, 3.63) is 130 Å². The molecule has 0 aliphatic heterocycles. The molecule has 1 N–H and O–H groups in total. The molecule has 0 fully saturated rings. The van der Waals surface area contributed by atoms with Gasteiger partial charge in [0.25, 0.3) is 0 Å². The molecule has 0 saturated carbocycles. The van der Waals surface area contributed by atoms with Crippen LogP contribution in [-0.2, 0) is 17.6 Å². The smallest absolute Gasteiger partial charge is 0.340 e. The maximum absolute atomic E-state index is 12.8. The maximum atomic E-state index is 12.8. The van der Waals surface area contributed by atoms with Crippen molar-refractivity contribution in [2.24, 2.45) is 0 Å². The number of carboxylic acid groups (broad SMARTS) is 1. The molecule has 8 nitrogen and oxygen atoms in total. The summed E-state index contributed by atoms with van der Waals surface area (Å²) in [4.78, 5) is 52.8. The van der Waals surface area contributed by atoms with Gasteiger partial charge in [-0.25, -0.2) is 18.4 Å². The molecule has 12 heteroatoms. The number of Topliss-reactive ketones (excluding diaryl/α,β-unsaturated/α-hetero) is 2. The Morgan fingerprint density at radius 2 is 1.16 bits per heavy atom. The summed E-state index contributed by atoms with van der Waals surface area (Å²) < 4.78 is 30.1. The third kappa shape index (κ3) is 12.0. The van der Waals surface area contributed by atoms with Gasteiger partial charge in [0.1, 0.15) is 11.6 Å². The molecule has 2 heterocycles. The second-order valence-corrected chi connectivity index (χ2v) is 8.92. The topological polar surface area (TPSA) is 124 Å². The van der Waals surface area contributed by atoms with Crippen molar-refractivity contribution in [2.75, 3.05) is 12.5 Å². The Hall–Kier alpha value is -4.54. The summed E-state index contributed by atoms with van der Waals surface area (Å²) >= 11 is 5.28. The van der Waals surface area contributed by atoms with Gasteiger partial charge in [-0.05, 0) is 84.6 Å². The van der Waals surface area contributed by atoms with Crippen LogP contribution < -0.4 is 0 Å². The first-order chi connectivity index (χ1) is 20.6. The highest BCUT2D eigenvalue weighted by Gasteiger charge is 2.15. The zero-order valence-corrected chi connectivity index (χ0v) is 25.4. The van der Waals surface area contributed by atoms with Gasteiger partial charge in [0.15, 0.2) is 18.2 Å². The van der Waals surface area contributed by atoms with Gasteiger partial charge in [-0.3, -0.25) is 19.6 Å². The zero-order valence-electron chi connectivity index (χ0n) is 23.8. The number of ether oxygens (including phenoxy) is 1. The van der Waals surface area contributed by atoms with Crippen LogP contribution in [0, 0.1) is 11.6 Å². The number of halogens is 4. The van der Waals surface area contributed by atoms with Crippen LogP contribution in [0.15, 0.2) is 85.5 Å². The lowest BCUT2D eigenvalue weighted by atomic mass is 10.1. The molecule has 0 radical (unpaired) electrons. The molecular formula is C32H30Cl2F2N2O6. The number of hydrogen-bond donors (Lipinski definition) is 1. The zero-order chi connectivity index (χ0) is 31.8. The highest BCUT2D eigenvalue weighted by molar-refractivity contribution is 6.30. The Morgan fingerprint density at radius 1 is 0.727 bits per heavy atom. The number of carboxylic acids is 1. The first-order valence-corrected chi connectivity index (χ1v) is 13.5. The Kier molecular flexibility index (Phi) is 16.7. The number of rotatable bonds is 9. The summed E-state index contributed by atoms with van der Waals surface area (Å²) in [7, 11) is 0. The quantitative estimate of drug-likeness (QED) is 0.119. The number of ketones is 2. The van der Waals surface area contributed by atoms with Crippen LogP contribution in [0.4, 0.5) is 8.78 Å². The van der Waals surface area contributed by atoms with Gasteiger partial charge in [0.2, 0.25) is 0 Å². The Labute approximate surface area is 264 Å². The molecule has 0 spiro atoms. The summed E-state index contributed by atoms with van der Waals surface area (Å²) in [5.74, 6) is -2.91. The lowest BCUT2D eigenvalue weighted by molar-refractivity contribution is 0.0473. The molecule has 0 aliphatic carbocycles. The molecule has 4 aromatic rings. The van der Waals surface area contributed by atoms with Crippen molar-refractivity contribution in [3.8, 4) is 0 Å². The highest BCUT2D eigenvalue weighted by atomic mass is 35.5. The molecule has 0 saturated heterocycles. The number of aromatic carboxylic acids is 1. The van der Waals surface area contributed by atoms with E-state index in [1.54, 1.807) is 24.5 Å². The van der Waals surface area contributed by atoms with Crippen LogP contribution in [0.1, 0.15) is 66.4 Å². The predicted octanol–water partition coefficient (Wildman–Crippen LogP) is 6.83. The molecule has 0 atom stereocenters. The molecule has 2 aromatic heterocycles. The fourth-order valence-corrected chi connectivity index (χ4v) is 3.63. The third-order valence-corrected chi connectivity index (χ3v) is 6.07. The SMILES string of the molecule is CCc1ccncc1C(=O)O.CCc1ccncc1C(=O)OCC(=O)c1ccc(F)cc1.Cl.O=C(CCl)c1ccc(F)cc1. The average Bonchev–Trinajstić information content (AvgIpc) is 3.04. The number of pyridine rings is 2. The van der Waals surface area contributed by atoms with Crippen molar-refractivity contribution >= 4 is 47.5 Å². The number of carbonyl (C=O) groups is 4. The number of benzene rings is 2. The lowest BCUT2D eigenvalue weighted by Crippen LogP contribution is -2.15. The molecule has 232 valence electrons. The van der Waals surface area contributed by atoms with Crippen molar-refractivity contribution in [3.63, 3.8) is 0 Å². The summed E-state index contributed by atoms with van der Waals surface area (Å²) in [6.45, 7) is 3.44. The average molecular weight is 648 g/mol. The molecule has 4 rings (SSSR count). The molecule has 2 aromatic carbocycles. The fourth-order valence-electron chi connectivity index (χ4n) is 3.48. The third-order valence-electron chi connectivity index (χ3n) is 5.82. The molecular weight excluding hydrogens is 617 g/mol. The number of hydrogen-bond acceptors (Lipinski definition) is 7. The Balaban J connectivity index is 0.000000357. The van der Waals surface area contributed by atoms with Crippen molar-refractivity contribution < 1.29 is 37.8 Å². The summed E-state index contributed by atoms with van der Waals surface area (Å²) in [6, 6.07) is 13.8. The van der Waals surface area contributed by atoms with Crippen LogP contribution in [0.2, 0.25) is 0 Å². The van der Waals surface area contributed by atoms with Gasteiger partial charge < -0.3 is 9.84 Å². The second kappa shape index (κ2) is 19.6. The van der Waals surface area contributed by atoms with E-state index >= 15 is 0 Å². The first kappa shape index (κ1) is 37.5. The normalized spacial score (nSPS) is 9.66. The van der Waals surface area contributed by atoms with E-state index in [4.69, 9.17) is 21.4 Å². The number of carbonyl (C=O) groups excluding carboxylic acids is 3. The van der Waals surface area contributed by atoms with Crippen LogP contribution in [0.3, 0.4) is 0 Å². The summed E-state index contributed by atoms with van der Waals surface area (Å²) in [5, 5.41) is 8.66. The van der Waals surface area contributed by atoms with Gasteiger partial charge in [0.05, 0.1) is 17.0 Å². The summed E-state index contributed by atoms with van der Waals surface area (Å²) in [5.41, 5.74) is 3.03. The lowest BCUT2D eigenvalue weighted by Gasteiger charge is -2.07. The number of nitrogens with zero attached hydrogens (tertiary/aromatic N) is 2. The Morgan fingerprint density at radius 3 is 1.57 bits per heavy atom. The number of esters is 1. The fraction of sp³-hybridized carbons (Fsp3) is 0.188. The van der Waals surface area contributed by atoms with E-state index in [0.717, 1.165) is 17.5 Å². The van der Waals surface area contributed by atoms with E-state index in [2.05, 4.69) is 9.97 Å². The predicted molar refractivity (Wildman–Crippen MR) is 164 cm³/mol. The minimum absolute atomic E-state index is 0. The molecule has 0 unspecified atom stereocenters. The van der Waals surface area contributed by atoms with E-state index < -0.39 is 17.8 Å². The van der Waals surface area contributed by atoms with Gasteiger partial charge in [-0.1, -0.05) is 13.8 Å². The van der Waals surface area contributed by atoms with E-state index in [0.29, 0.717) is 28.7 Å². The van der Waals surface area contributed by atoms with Crippen molar-refractivity contribution in [1.29, 1.82) is 0 Å². The van der Waals surface area contributed by atoms with Crippen molar-refractivity contribution in [1.82, 2.24) is 9.97 Å². The largest absolute Gasteiger partial charge is 0.478 e. The van der Waals surface area contributed by atoms with Crippen LogP contribution in [-0.4, -0.2) is 51.1 Å². The van der Waals surface area contributed by atoms with Crippen LogP contribution in [0.25, 0.3) is 0 Å². The molecule has 0 bridgehead atoms. The molecule has 0 amide bonds. The minimum atomic E-state index is -0.907. The van der Waals surface area contributed by atoms with Gasteiger partial charge in [0, 0.05) is 35.9 Å². The standard InChI is InChI=1S/C16H14FNO3.C8H6ClFO.C8H9NO2.ClH/c1-2-11-7-8-18-9-14(11)16(20)21-10-15(19)12-3-5-13(17)6-4-12;9-5-8(11)6-1-3-7(10)4-2-6;1-2-6-3-4-9-5-7(6)8(10)11;/h3-9H,2,10H2,1H3;1-4H,5H2;3-5H,2H2,1H3,(H,10,11);1H. The summed E-state index contributed by atoms with van der Waals surface area (Å²) in [6.07, 6.45) is 7.39. The first-order valence-electron chi connectivity index (χ1n) is 13.0. The molecule has 44 heavy (non-hydrogen) atoms. The van der Waals surface area contributed by atoms with Crippen LogP contribution >= 0.6 is 24.0 Å². The van der Waals surface area contributed by atoms with E-state index in [9.17, 15) is 28.0 Å². The monoisotopic (exact) mass is 646 g/mol. The number of alkyl halides is 1. The van der Waals surface area contributed by atoms with Crippen LogP contribution in [0.5, 0.6) is 0 Å². The van der Waals surface area contributed by atoms with Gasteiger partial charge in [-0.15, -0.1) is 24.0 Å². The van der Waals surface area contributed by atoms with E-state index in [1.165, 1.54) is 60.9 Å². The van der Waals surface area contributed by atoms with Gasteiger partial charge >= 0.3 is 11.9 Å². The number of aromatic nitrogens is 2. The minimum Gasteiger partial charge on any atom is -0.478 e. The van der Waals surface area contributed by atoms with Crippen molar-refractivity contribution in [2.45, 2.75) is 26.7 Å². The van der Waals surface area contributed by atoms with Gasteiger partial charge in [-0.2, -0.15) is 0 Å². The number of aryl methyl sites for hydroxylation is 2.